The number of ether oxygens (including phenoxy) is 1. The third-order valence-electron chi connectivity index (χ3n) is 6.70. The van der Waals surface area contributed by atoms with Gasteiger partial charge in [-0.2, -0.15) is 0 Å². The molecule has 3 heterocycles. The van der Waals surface area contributed by atoms with Crippen LogP contribution in [0.5, 0.6) is 0 Å². The van der Waals surface area contributed by atoms with Gasteiger partial charge in [-0.05, 0) is 63.4 Å². The maximum Gasteiger partial charge on any atom is 0.338 e. The number of rotatable bonds is 6. The standard InChI is InChI=1S/C24H33FN4O3/c1-2-32-23(30)21-20(26-24(31)27-22(21)17-6-8-18(25)9-7-17)16-28-14-10-19(11-15-28)29-12-4-3-5-13-29/h6-9,19,22H,2-5,10-16H2,1H3,(H2,26,27,31)/t22-/m1/s1. The van der Waals surface area contributed by atoms with Crippen molar-refractivity contribution in [3.63, 3.8) is 0 Å². The molecule has 1 aromatic carbocycles. The van der Waals surface area contributed by atoms with E-state index in [9.17, 15) is 14.0 Å². The molecule has 1 aromatic rings. The Labute approximate surface area is 189 Å². The minimum atomic E-state index is -0.677. The molecule has 2 saturated heterocycles. The number of carbonyl (C=O) groups excluding carboxylic acids is 2. The zero-order chi connectivity index (χ0) is 22.5. The first kappa shape index (κ1) is 22.7. The molecular weight excluding hydrogens is 411 g/mol. The molecule has 3 aliphatic heterocycles. The summed E-state index contributed by atoms with van der Waals surface area (Å²) in [4.78, 5) is 30.3. The van der Waals surface area contributed by atoms with Crippen molar-refractivity contribution in [3.05, 3.63) is 46.9 Å². The highest BCUT2D eigenvalue weighted by Gasteiger charge is 2.35. The van der Waals surface area contributed by atoms with Gasteiger partial charge in [0.25, 0.3) is 0 Å². The van der Waals surface area contributed by atoms with E-state index in [1.807, 2.05) is 0 Å². The van der Waals surface area contributed by atoms with Gasteiger partial charge in [-0.1, -0.05) is 18.6 Å². The summed E-state index contributed by atoms with van der Waals surface area (Å²) in [5.74, 6) is -0.833. The Bertz CT molecular complexity index is 843. The first-order chi connectivity index (χ1) is 15.5. The maximum atomic E-state index is 13.4. The Balaban J connectivity index is 1.52. The lowest BCUT2D eigenvalue weighted by Gasteiger charge is -2.41. The summed E-state index contributed by atoms with van der Waals surface area (Å²) >= 11 is 0. The van der Waals surface area contributed by atoms with Crippen LogP contribution in [0.2, 0.25) is 0 Å². The van der Waals surface area contributed by atoms with E-state index in [0.29, 0.717) is 29.4 Å². The molecule has 0 spiro atoms. The Morgan fingerprint density at radius 1 is 1.09 bits per heavy atom. The lowest BCUT2D eigenvalue weighted by molar-refractivity contribution is -0.139. The van der Waals surface area contributed by atoms with Gasteiger partial charge >= 0.3 is 12.0 Å². The van der Waals surface area contributed by atoms with Crippen molar-refractivity contribution >= 4 is 12.0 Å². The highest BCUT2D eigenvalue weighted by atomic mass is 19.1. The van der Waals surface area contributed by atoms with Gasteiger partial charge in [0.05, 0.1) is 18.2 Å². The van der Waals surface area contributed by atoms with Gasteiger partial charge in [0, 0.05) is 31.4 Å². The fourth-order valence-corrected chi connectivity index (χ4v) is 5.05. The van der Waals surface area contributed by atoms with E-state index in [0.717, 1.165) is 25.9 Å². The van der Waals surface area contributed by atoms with Gasteiger partial charge in [0.2, 0.25) is 0 Å². The van der Waals surface area contributed by atoms with Crippen LogP contribution in [0.25, 0.3) is 0 Å². The van der Waals surface area contributed by atoms with Crippen LogP contribution in [-0.4, -0.2) is 67.2 Å². The predicted molar refractivity (Wildman–Crippen MR) is 119 cm³/mol. The fraction of sp³-hybridized carbons (Fsp3) is 0.583. The average Bonchev–Trinajstić information content (AvgIpc) is 2.80. The van der Waals surface area contributed by atoms with Crippen LogP contribution in [0.4, 0.5) is 9.18 Å². The Kier molecular flexibility index (Phi) is 7.42. The van der Waals surface area contributed by atoms with E-state index < -0.39 is 12.0 Å². The van der Waals surface area contributed by atoms with E-state index in [1.165, 1.54) is 44.5 Å². The summed E-state index contributed by atoms with van der Waals surface area (Å²) in [5, 5.41) is 5.64. The number of carbonyl (C=O) groups is 2. The molecule has 4 rings (SSSR count). The molecule has 8 heteroatoms. The largest absolute Gasteiger partial charge is 0.463 e. The molecule has 0 aliphatic carbocycles. The molecule has 0 radical (unpaired) electrons. The fourth-order valence-electron chi connectivity index (χ4n) is 5.05. The van der Waals surface area contributed by atoms with E-state index in [4.69, 9.17) is 4.74 Å². The second-order valence-electron chi connectivity index (χ2n) is 8.80. The first-order valence-corrected chi connectivity index (χ1v) is 11.7. The van der Waals surface area contributed by atoms with Crippen LogP contribution < -0.4 is 10.6 Å². The number of nitrogens with one attached hydrogen (secondary N) is 2. The van der Waals surface area contributed by atoms with Crippen LogP contribution in [0.15, 0.2) is 35.5 Å². The molecule has 0 bridgehead atoms. The minimum Gasteiger partial charge on any atom is -0.463 e. The van der Waals surface area contributed by atoms with Crippen LogP contribution in [-0.2, 0) is 9.53 Å². The van der Waals surface area contributed by atoms with Crippen molar-refractivity contribution in [1.29, 1.82) is 0 Å². The first-order valence-electron chi connectivity index (χ1n) is 11.7. The van der Waals surface area contributed by atoms with Crippen molar-refractivity contribution in [2.45, 2.75) is 51.1 Å². The summed E-state index contributed by atoms with van der Waals surface area (Å²) in [7, 11) is 0. The normalized spacial score (nSPS) is 23.6. The summed E-state index contributed by atoms with van der Waals surface area (Å²) in [6.45, 7) is 6.71. The highest BCUT2D eigenvalue weighted by molar-refractivity contribution is 5.95. The lowest BCUT2D eigenvalue weighted by atomic mass is 9.94. The molecule has 2 amide bonds. The van der Waals surface area contributed by atoms with Crippen molar-refractivity contribution in [3.8, 4) is 0 Å². The summed E-state index contributed by atoms with van der Waals surface area (Å²) in [6, 6.07) is 5.42. The summed E-state index contributed by atoms with van der Waals surface area (Å²) < 4.78 is 18.8. The maximum absolute atomic E-state index is 13.4. The van der Waals surface area contributed by atoms with Crippen molar-refractivity contribution in [2.75, 3.05) is 39.3 Å². The minimum absolute atomic E-state index is 0.237. The topological polar surface area (TPSA) is 73.9 Å². The zero-order valence-corrected chi connectivity index (χ0v) is 18.7. The molecule has 7 nitrogen and oxygen atoms in total. The number of halogens is 1. The predicted octanol–water partition coefficient (Wildman–Crippen LogP) is 2.95. The summed E-state index contributed by atoms with van der Waals surface area (Å²) in [6.07, 6.45) is 6.11. The van der Waals surface area contributed by atoms with Gasteiger partial charge in [0.1, 0.15) is 5.82 Å². The van der Waals surface area contributed by atoms with Gasteiger partial charge in [0.15, 0.2) is 0 Å². The number of esters is 1. The van der Waals surface area contributed by atoms with Crippen LogP contribution in [0.3, 0.4) is 0 Å². The molecule has 0 aromatic heterocycles. The molecule has 1 atom stereocenters. The Hall–Kier alpha value is -2.45. The van der Waals surface area contributed by atoms with Crippen molar-refractivity contribution in [1.82, 2.24) is 20.4 Å². The van der Waals surface area contributed by atoms with E-state index in [2.05, 4.69) is 20.4 Å². The third-order valence-corrected chi connectivity index (χ3v) is 6.70. The molecule has 0 saturated carbocycles. The number of likely N-dealkylation sites (tertiary alicyclic amines) is 2. The lowest BCUT2D eigenvalue weighted by Crippen LogP contribution is -2.51. The number of hydrogen-bond acceptors (Lipinski definition) is 5. The monoisotopic (exact) mass is 444 g/mol. The van der Waals surface area contributed by atoms with E-state index in [-0.39, 0.29) is 18.5 Å². The van der Waals surface area contributed by atoms with Gasteiger partial charge in [-0.15, -0.1) is 0 Å². The highest BCUT2D eigenvalue weighted by Crippen LogP contribution is 2.29. The zero-order valence-electron chi connectivity index (χ0n) is 18.7. The molecule has 174 valence electrons. The third kappa shape index (κ3) is 5.30. The molecule has 32 heavy (non-hydrogen) atoms. The molecule has 2 fully saturated rings. The Morgan fingerprint density at radius 3 is 2.44 bits per heavy atom. The van der Waals surface area contributed by atoms with Gasteiger partial charge in [-0.3, -0.25) is 4.90 Å². The average molecular weight is 445 g/mol. The van der Waals surface area contributed by atoms with Crippen molar-refractivity contribution < 1.29 is 18.7 Å². The number of nitrogens with zero attached hydrogens (tertiary/aromatic N) is 2. The molecule has 2 N–H and O–H groups in total. The number of amides is 2. The quantitative estimate of drug-likeness (QED) is 0.660. The Morgan fingerprint density at radius 2 is 1.78 bits per heavy atom. The van der Waals surface area contributed by atoms with E-state index in [1.54, 1.807) is 19.1 Å². The second kappa shape index (κ2) is 10.4. The van der Waals surface area contributed by atoms with Crippen LogP contribution in [0.1, 0.15) is 50.6 Å². The SMILES string of the molecule is CCOC(=O)C1=C(CN2CCC(N3CCCCC3)CC2)NC(=O)N[C@@H]1c1ccc(F)cc1. The van der Waals surface area contributed by atoms with Gasteiger partial charge < -0.3 is 20.3 Å². The number of hydrogen-bond donors (Lipinski definition) is 2. The molecule has 3 aliphatic rings. The van der Waals surface area contributed by atoms with Gasteiger partial charge in [-0.25, -0.2) is 14.0 Å². The smallest absolute Gasteiger partial charge is 0.338 e. The summed E-state index contributed by atoms with van der Waals surface area (Å²) in [5.41, 5.74) is 1.60. The molecule has 0 unspecified atom stereocenters. The van der Waals surface area contributed by atoms with E-state index >= 15 is 0 Å². The number of urea groups is 1. The number of piperidine rings is 2. The van der Waals surface area contributed by atoms with Crippen LogP contribution >= 0.6 is 0 Å². The molecular formula is C24H33FN4O3. The van der Waals surface area contributed by atoms with Crippen molar-refractivity contribution in [2.24, 2.45) is 0 Å². The number of benzene rings is 1. The second-order valence-corrected chi connectivity index (χ2v) is 8.80. The van der Waals surface area contributed by atoms with Crippen LogP contribution in [0, 0.1) is 5.82 Å².